The number of aromatic nitrogens is 3. The summed E-state index contributed by atoms with van der Waals surface area (Å²) in [5.41, 5.74) is 1.40. The SMILES string of the molecule is Cc1nc(C2(c3ccc(CN4[C@@H](C)CC[C@H](c5ccccc5)S4(=O)=O)c(F)c3)CCOCC2)n[nH]1. The Balaban J connectivity index is 1.45. The van der Waals surface area contributed by atoms with Crippen molar-refractivity contribution in [3.8, 4) is 0 Å². The number of aromatic amines is 1. The lowest BCUT2D eigenvalue weighted by Gasteiger charge is -2.38. The predicted octanol–water partition coefficient (Wildman–Crippen LogP) is 4.40. The van der Waals surface area contributed by atoms with Gasteiger partial charge in [0.2, 0.25) is 10.0 Å². The van der Waals surface area contributed by atoms with Crippen molar-refractivity contribution >= 4 is 10.0 Å². The molecule has 3 aromatic rings. The molecule has 0 radical (unpaired) electrons. The number of sulfonamides is 1. The van der Waals surface area contributed by atoms with Gasteiger partial charge in [-0.1, -0.05) is 42.5 Å². The quantitative estimate of drug-likeness (QED) is 0.563. The highest BCUT2D eigenvalue weighted by Gasteiger charge is 2.42. The minimum absolute atomic E-state index is 0.00875. The van der Waals surface area contributed by atoms with Crippen molar-refractivity contribution < 1.29 is 17.5 Å². The monoisotopic (exact) mass is 498 g/mol. The van der Waals surface area contributed by atoms with Gasteiger partial charge in [-0.05, 0) is 56.7 Å². The molecule has 1 N–H and O–H groups in total. The van der Waals surface area contributed by atoms with Crippen LogP contribution in [0.5, 0.6) is 0 Å². The third kappa shape index (κ3) is 4.41. The molecule has 7 nitrogen and oxygen atoms in total. The van der Waals surface area contributed by atoms with Gasteiger partial charge < -0.3 is 4.74 Å². The summed E-state index contributed by atoms with van der Waals surface area (Å²) in [6.07, 6.45) is 2.59. The Morgan fingerprint density at radius 2 is 1.89 bits per heavy atom. The summed E-state index contributed by atoms with van der Waals surface area (Å²) in [6, 6.07) is 14.2. The Labute approximate surface area is 205 Å². The Morgan fingerprint density at radius 1 is 1.14 bits per heavy atom. The van der Waals surface area contributed by atoms with E-state index in [9.17, 15) is 8.42 Å². The molecule has 0 unspecified atom stereocenters. The van der Waals surface area contributed by atoms with Gasteiger partial charge in [-0.3, -0.25) is 5.10 Å². The van der Waals surface area contributed by atoms with Crippen molar-refractivity contribution in [3.63, 3.8) is 0 Å². The molecule has 2 aliphatic rings. The van der Waals surface area contributed by atoms with E-state index in [1.807, 2.05) is 50.2 Å². The van der Waals surface area contributed by atoms with Crippen LogP contribution in [0.1, 0.15) is 66.2 Å². The summed E-state index contributed by atoms with van der Waals surface area (Å²) < 4.78 is 49.7. The van der Waals surface area contributed by atoms with Gasteiger partial charge in [0.05, 0.1) is 5.41 Å². The second-order valence-corrected chi connectivity index (χ2v) is 11.7. The smallest absolute Gasteiger partial charge is 0.221 e. The van der Waals surface area contributed by atoms with Crippen LogP contribution in [0.25, 0.3) is 0 Å². The second-order valence-electron chi connectivity index (χ2n) is 9.66. The summed E-state index contributed by atoms with van der Waals surface area (Å²) in [6.45, 7) is 4.83. The normalized spacial score (nSPS) is 24.3. The molecule has 2 fully saturated rings. The molecule has 0 aliphatic carbocycles. The van der Waals surface area contributed by atoms with Crippen molar-refractivity contribution in [2.24, 2.45) is 0 Å². The fourth-order valence-corrected chi connectivity index (χ4v) is 7.60. The van der Waals surface area contributed by atoms with Crippen LogP contribution < -0.4 is 0 Å². The molecule has 0 saturated carbocycles. The fourth-order valence-electron chi connectivity index (χ4n) is 5.41. The zero-order chi connectivity index (χ0) is 24.6. The minimum Gasteiger partial charge on any atom is -0.381 e. The van der Waals surface area contributed by atoms with Crippen LogP contribution in [0.2, 0.25) is 0 Å². The molecule has 0 spiro atoms. The number of nitrogens with zero attached hydrogens (tertiary/aromatic N) is 3. The van der Waals surface area contributed by atoms with Crippen molar-refractivity contribution in [2.45, 2.75) is 62.8 Å². The largest absolute Gasteiger partial charge is 0.381 e. The molecular weight excluding hydrogens is 467 g/mol. The number of benzene rings is 2. The van der Waals surface area contributed by atoms with Gasteiger partial charge in [0.25, 0.3) is 0 Å². The number of hydrogen-bond acceptors (Lipinski definition) is 5. The number of H-pyrrole nitrogens is 1. The molecular formula is C26H31FN4O3S. The molecule has 2 saturated heterocycles. The van der Waals surface area contributed by atoms with Gasteiger partial charge >= 0.3 is 0 Å². The molecule has 5 rings (SSSR count). The van der Waals surface area contributed by atoms with Crippen LogP contribution >= 0.6 is 0 Å². The average Bonchev–Trinajstić information content (AvgIpc) is 3.30. The number of hydrogen-bond donors (Lipinski definition) is 1. The van der Waals surface area contributed by atoms with Crippen LogP contribution in [-0.2, 0) is 26.7 Å². The van der Waals surface area contributed by atoms with E-state index in [2.05, 4.69) is 15.2 Å². The van der Waals surface area contributed by atoms with Crippen LogP contribution in [-0.4, -0.2) is 47.2 Å². The summed E-state index contributed by atoms with van der Waals surface area (Å²) in [7, 11) is -3.64. The van der Waals surface area contributed by atoms with Gasteiger partial charge in [-0.15, -0.1) is 0 Å². The number of aryl methyl sites for hydroxylation is 1. The van der Waals surface area contributed by atoms with E-state index < -0.39 is 26.5 Å². The number of ether oxygens (including phenoxy) is 1. The molecule has 186 valence electrons. The maximum Gasteiger partial charge on any atom is 0.221 e. The first-order valence-corrected chi connectivity index (χ1v) is 13.6. The zero-order valence-electron chi connectivity index (χ0n) is 20.1. The second kappa shape index (κ2) is 9.44. The Hall–Kier alpha value is -2.62. The number of halogens is 1. The molecule has 2 aliphatic heterocycles. The molecule has 0 amide bonds. The molecule has 3 heterocycles. The number of rotatable bonds is 5. The van der Waals surface area contributed by atoms with Gasteiger partial charge in [0.1, 0.15) is 16.9 Å². The summed E-state index contributed by atoms with van der Waals surface area (Å²) >= 11 is 0. The van der Waals surface area contributed by atoms with Gasteiger partial charge in [-0.2, -0.15) is 9.40 Å². The first-order valence-electron chi connectivity index (χ1n) is 12.1. The van der Waals surface area contributed by atoms with Crippen molar-refractivity contribution in [2.75, 3.05) is 13.2 Å². The Morgan fingerprint density at radius 3 is 2.54 bits per heavy atom. The van der Waals surface area contributed by atoms with E-state index in [-0.39, 0.29) is 12.6 Å². The van der Waals surface area contributed by atoms with Gasteiger partial charge in [0.15, 0.2) is 5.82 Å². The van der Waals surface area contributed by atoms with Crippen LogP contribution in [0.3, 0.4) is 0 Å². The van der Waals surface area contributed by atoms with E-state index in [1.54, 1.807) is 6.07 Å². The first kappa shape index (κ1) is 24.1. The van der Waals surface area contributed by atoms with Crippen LogP contribution in [0.4, 0.5) is 4.39 Å². The van der Waals surface area contributed by atoms with E-state index in [1.165, 1.54) is 10.4 Å². The molecule has 2 atom stereocenters. The third-order valence-corrected chi connectivity index (χ3v) is 9.87. The average molecular weight is 499 g/mol. The standard InChI is InChI=1S/C26H31FN4O3S/c1-18-8-11-24(20-6-4-3-5-7-20)35(32,33)31(18)17-21-9-10-22(16-23(21)27)26(12-14-34-15-13-26)25-28-19(2)29-30-25/h3-7,9-10,16,18,24H,8,11-15,17H2,1-2H3,(H,28,29,30)/t18-,24+/m0/s1. The lowest BCUT2D eigenvalue weighted by Crippen LogP contribution is -2.44. The highest BCUT2D eigenvalue weighted by atomic mass is 32.2. The molecule has 0 bridgehead atoms. The Kier molecular flexibility index (Phi) is 6.50. The molecule has 9 heteroatoms. The lowest BCUT2D eigenvalue weighted by atomic mass is 9.73. The maximum absolute atomic E-state index is 15.5. The summed E-state index contributed by atoms with van der Waals surface area (Å²) in [5.74, 6) is 0.938. The van der Waals surface area contributed by atoms with Crippen LogP contribution in [0, 0.1) is 12.7 Å². The predicted molar refractivity (Wildman–Crippen MR) is 131 cm³/mol. The molecule has 35 heavy (non-hydrogen) atoms. The highest BCUT2D eigenvalue weighted by Crippen LogP contribution is 2.41. The summed E-state index contributed by atoms with van der Waals surface area (Å²) in [4.78, 5) is 4.56. The third-order valence-electron chi connectivity index (χ3n) is 7.50. The molecule has 2 aromatic carbocycles. The highest BCUT2D eigenvalue weighted by molar-refractivity contribution is 7.89. The summed E-state index contributed by atoms with van der Waals surface area (Å²) in [5, 5.41) is 6.69. The van der Waals surface area contributed by atoms with Crippen molar-refractivity contribution in [1.29, 1.82) is 0 Å². The van der Waals surface area contributed by atoms with Gasteiger partial charge in [-0.25, -0.2) is 17.8 Å². The van der Waals surface area contributed by atoms with E-state index in [0.29, 0.717) is 49.7 Å². The van der Waals surface area contributed by atoms with E-state index in [0.717, 1.165) is 17.5 Å². The fraction of sp³-hybridized carbons (Fsp3) is 0.462. The van der Waals surface area contributed by atoms with Crippen molar-refractivity contribution in [3.05, 3.63) is 82.7 Å². The lowest BCUT2D eigenvalue weighted by molar-refractivity contribution is 0.0604. The topological polar surface area (TPSA) is 88.2 Å². The van der Waals surface area contributed by atoms with Crippen molar-refractivity contribution in [1.82, 2.24) is 19.5 Å². The Bertz CT molecular complexity index is 1290. The first-order chi connectivity index (χ1) is 16.8. The van der Waals surface area contributed by atoms with E-state index >= 15 is 4.39 Å². The number of nitrogens with one attached hydrogen (secondary N) is 1. The van der Waals surface area contributed by atoms with E-state index in [4.69, 9.17) is 4.74 Å². The zero-order valence-corrected chi connectivity index (χ0v) is 20.9. The maximum atomic E-state index is 15.5. The van der Waals surface area contributed by atoms with Gasteiger partial charge in [0, 0.05) is 31.4 Å². The minimum atomic E-state index is -3.64. The van der Waals surface area contributed by atoms with Crippen LogP contribution in [0.15, 0.2) is 48.5 Å². The molecule has 1 aromatic heterocycles.